The fraction of sp³-hybridized carbons (Fsp3) is 0.104. The first-order valence-electron chi connectivity index (χ1n) is 24.7. The van der Waals surface area contributed by atoms with E-state index in [1.165, 1.54) is 29.2 Å². The van der Waals surface area contributed by atoms with Crippen LogP contribution in [0.15, 0.2) is 218 Å². The molecular weight excluding hydrogens is 913 g/mol. The Hall–Kier alpha value is -9.20. The largest absolute Gasteiger partial charge is 0.514 e. The van der Waals surface area contributed by atoms with Crippen LogP contribution in [0.5, 0.6) is 11.5 Å². The fourth-order valence-electron chi connectivity index (χ4n) is 8.70. The number of rotatable bonds is 16. The number of methoxy groups -OCH3 is 1. The van der Waals surface area contributed by atoms with Gasteiger partial charge in [0.05, 0.1) is 7.11 Å². The maximum atomic E-state index is 12.4. The van der Waals surface area contributed by atoms with E-state index in [2.05, 4.69) is 232 Å². The van der Waals surface area contributed by atoms with Gasteiger partial charge < -0.3 is 24.0 Å². The van der Waals surface area contributed by atoms with Crippen molar-refractivity contribution in [3.63, 3.8) is 0 Å². The van der Waals surface area contributed by atoms with Crippen molar-refractivity contribution in [2.45, 2.75) is 34.6 Å². The molecule has 7 nitrogen and oxygen atoms in total. The number of carbonyl (C=O) groups is 2. The highest BCUT2D eigenvalue weighted by Gasteiger charge is 2.17. The first kappa shape index (κ1) is 49.8. The van der Waals surface area contributed by atoms with Gasteiger partial charge in [0.1, 0.15) is 11.5 Å². The number of carbonyl (C=O) groups excluding carboxylic acids is 2. The third kappa shape index (κ3) is 12.3. The van der Waals surface area contributed by atoms with E-state index in [4.69, 9.17) is 14.2 Å². The lowest BCUT2D eigenvalue weighted by Crippen LogP contribution is -2.15. The van der Waals surface area contributed by atoms with Gasteiger partial charge in [-0.1, -0.05) is 144 Å². The van der Waals surface area contributed by atoms with E-state index in [0.29, 0.717) is 5.75 Å². The second-order valence-electron chi connectivity index (χ2n) is 18.5. The minimum atomic E-state index is -0.937. The van der Waals surface area contributed by atoms with E-state index in [-0.39, 0.29) is 12.4 Å². The molecule has 0 saturated carbocycles. The van der Waals surface area contributed by atoms with Gasteiger partial charge in [-0.05, 0) is 188 Å². The van der Waals surface area contributed by atoms with Gasteiger partial charge >= 0.3 is 6.16 Å². The number of hydrogen-bond acceptors (Lipinski definition) is 7. The van der Waals surface area contributed by atoms with Gasteiger partial charge in [-0.3, -0.25) is 4.79 Å². The molecule has 9 aromatic carbocycles. The molecule has 0 fully saturated rings. The van der Waals surface area contributed by atoms with Crippen molar-refractivity contribution in [2.75, 3.05) is 23.5 Å². The van der Waals surface area contributed by atoms with Gasteiger partial charge in [-0.25, -0.2) is 4.79 Å². The molecule has 0 aliphatic carbocycles. The number of Topliss-reactive ketones (excluding diaryl/α,β-unsaturated/α-hetero) is 1. The van der Waals surface area contributed by atoms with Crippen LogP contribution >= 0.6 is 0 Å². The summed E-state index contributed by atoms with van der Waals surface area (Å²) in [5, 5.41) is 0. The second-order valence-corrected chi connectivity index (χ2v) is 18.5. The third-order valence-corrected chi connectivity index (χ3v) is 12.8. The van der Waals surface area contributed by atoms with E-state index in [1.54, 1.807) is 19.2 Å². The molecular formula is C67H58N2O5. The third-order valence-electron chi connectivity index (χ3n) is 12.8. The van der Waals surface area contributed by atoms with Crippen LogP contribution < -0.4 is 19.3 Å². The number of hydrogen-bond donors (Lipinski definition) is 0. The summed E-state index contributed by atoms with van der Waals surface area (Å²) in [6.07, 6.45) is 3.47. The summed E-state index contributed by atoms with van der Waals surface area (Å²) in [4.78, 5) is 28.3. The zero-order chi connectivity index (χ0) is 51.6. The molecule has 0 aromatic heterocycles. The number of anilines is 6. The summed E-state index contributed by atoms with van der Waals surface area (Å²) < 4.78 is 15.9. The lowest BCUT2D eigenvalue weighted by molar-refractivity contribution is -0.120. The van der Waals surface area contributed by atoms with Gasteiger partial charge in [0, 0.05) is 34.1 Å². The molecule has 9 aromatic rings. The molecule has 0 atom stereocenters. The highest BCUT2D eigenvalue weighted by Crippen LogP contribution is 2.38. The number of nitrogens with zero attached hydrogens (tertiary/aromatic N) is 2. The summed E-state index contributed by atoms with van der Waals surface area (Å²) in [6.45, 7) is 9.41. The average Bonchev–Trinajstić information content (AvgIpc) is 3.42. The van der Waals surface area contributed by atoms with Crippen LogP contribution in [-0.4, -0.2) is 25.7 Å². The lowest BCUT2D eigenvalue weighted by Gasteiger charge is -2.26. The average molecular weight is 971 g/mol. The van der Waals surface area contributed by atoms with Gasteiger partial charge in [-0.15, -0.1) is 0 Å². The highest BCUT2D eigenvalue weighted by molar-refractivity contribution is 5.95. The zero-order valence-corrected chi connectivity index (χ0v) is 42.6. The maximum Gasteiger partial charge on any atom is 0.514 e. The molecule has 74 heavy (non-hydrogen) atoms. The summed E-state index contributed by atoms with van der Waals surface area (Å²) in [5.74, 6) is 0.809. The topological polar surface area (TPSA) is 68.3 Å². The van der Waals surface area contributed by atoms with Crippen LogP contribution in [0, 0.1) is 27.7 Å². The molecule has 0 saturated heterocycles. The number of ether oxygens (including phenoxy) is 3. The van der Waals surface area contributed by atoms with Gasteiger partial charge in [0.2, 0.25) is 0 Å². The van der Waals surface area contributed by atoms with Gasteiger partial charge in [-0.2, -0.15) is 0 Å². The predicted molar refractivity (Wildman–Crippen MR) is 304 cm³/mol. The maximum absolute atomic E-state index is 12.4. The van der Waals surface area contributed by atoms with Crippen molar-refractivity contribution in [1.82, 2.24) is 0 Å². The van der Waals surface area contributed by atoms with Crippen LogP contribution in [-0.2, 0) is 9.53 Å². The lowest BCUT2D eigenvalue weighted by atomic mass is 9.91. The smallest absolute Gasteiger partial charge is 0.497 e. The molecule has 0 heterocycles. The Kier molecular flexibility index (Phi) is 15.4. The van der Waals surface area contributed by atoms with Crippen molar-refractivity contribution in [3.05, 3.63) is 274 Å². The van der Waals surface area contributed by atoms with Crippen LogP contribution in [0.3, 0.4) is 0 Å². The highest BCUT2D eigenvalue weighted by atomic mass is 16.7. The Morgan fingerprint density at radius 3 is 0.932 bits per heavy atom. The minimum absolute atomic E-state index is 0.274. The Morgan fingerprint density at radius 1 is 0.378 bits per heavy atom. The Bertz CT molecular complexity index is 3310. The normalized spacial score (nSPS) is 11.4. The van der Waals surface area contributed by atoms with Crippen molar-refractivity contribution < 1.29 is 23.8 Å². The summed E-state index contributed by atoms with van der Waals surface area (Å²) in [7, 11) is 1.68. The van der Waals surface area contributed by atoms with Crippen molar-refractivity contribution in [3.8, 4) is 11.5 Å². The van der Waals surface area contributed by atoms with Gasteiger partial charge in [0.15, 0.2) is 12.4 Å². The van der Waals surface area contributed by atoms with E-state index < -0.39 is 6.16 Å². The monoisotopic (exact) mass is 970 g/mol. The summed E-state index contributed by atoms with van der Waals surface area (Å²) in [5.41, 5.74) is 19.2. The molecule has 7 heteroatoms. The molecule has 0 unspecified atom stereocenters. The standard InChI is InChI=1S/C67H58N2O5/c1-46-7-27-57(28-8-46)68(58-29-9-47(2)10-30-58)61-35-15-51(16-36-61)43-65(55-23-39-63(72-6)40-24-55)53-19-21-54(22-20-53)66(56-25-41-64(42-26-56)74-67(71)73-45-50(5)70)44-52-17-37-62(38-18-52)69(59-31-11-48(3)12-32-59)60-33-13-49(4)14-34-60/h7-44H,45H2,1-6H3. The summed E-state index contributed by atoms with van der Waals surface area (Å²) >= 11 is 0. The molecule has 366 valence electrons. The number of benzene rings is 9. The molecule has 0 spiro atoms. The zero-order valence-electron chi connectivity index (χ0n) is 42.6. The molecule has 0 aliphatic rings. The Labute approximate surface area is 434 Å². The number of ketones is 1. The fourth-order valence-corrected chi connectivity index (χ4v) is 8.70. The molecule has 0 N–H and O–H groups in total. The summed E-state index contributed by atoms with van der Waals surface area (Å²) in [6, 6.07) is 75.8. The molecule has 0 bridgehead atoms. The molecule has 9 rings (SSSR count). The first-order chi connectivity index (χ1) is 36.0. The van der Waals surface area contributed by atoms with Crippen LogP contribution in [0.4, 0.5) is 38.9 Å². The number of aryl methyl sites for hydroxylation is 4. The van der Waals surface area contributed by atoms with E-state index in [9.17, 15) is 9.59 Å². The van der Waals surface area contributed by atoms with Crippen LogP contribution in [0.25, 0.3) is 23.3 Å². The van der Waals surface area contributed by atoms with Crippen LogP contribution in [0.1, 0.15) is 62.6 Å². The SMILES string of the molecule is COc1ccc(C(=Cc2ccc(N(c3ccc(C)cc3)c3ccc(C)cc3)cc2)c2ccc(C(=Cc3ccc(N(c4ccc(C)cc4)c4ccc(C)cc4)cc3)c3ccc(OC(=O)OCC(C)=O)cc3)cc2)cc1. The second kappa shape index (κ2) is 22.9. The Balaban J connectivity index is 1.08. The van der Waals surface area contributed by atoms with E-state index in [1.807, 2.05) is 24.3 Å². The predicted octanol–water partition coefficient (Wildman–Crippen LogP) is 17.2. The Morgan fingerprint density at radius 2 is 0.649 bits per heavy atom. The van der Waals surface area contributed by atoms with Crippen molar-refractivity contribution in [2.24, 2.45) is 0 Å². The van der Waals surface area contributed by atoms with E-state index >= 15 is 0 Å². The van der Waals surface area contributed by atoms with Crippen molar-refractivity contribution in [1.29, 1.82) is 0 Å². The van der Waals surface area contributed by atoms with Crippen LogP contribution in [0.2, 0.25) is 0 Å². The van der Waals surface area contributed by atoms with Crippen molar-refractivity contribution >= 4 is 69.4 Å². The van der Waals surface area contributed by atoms with Gasteiger partial charge in [0.25, 0.3) is 0 Å². The first-order valence-corrected chi connectivity index (χ1v) is 24.7. The molecule has 0 aliphatic heterocycles. The quantitative estimate of drug-likeness (QED) is 0.0543. The molecule has 0 radical (unpaired) electrons. The molecule has 0 amide bonds. The minimum Gasteiger partial charge on any atom is -0.497 e. The van der Waals surface area contributed by atoms with E-state index in [0.717, 1.165) is 84.4 Å².